The standard InChI is InChI=1S/C20H24F3NO3/c1-2-7-19(26)10-8-18(9-11-19)12-13-24(17(18)25)14-15-3-5-16(6-4-15)27-20(21,22)23/h2-6,26H,1,7-14H2. The van der Waals surface area contributed by atoms with Crippen LogP contribution in [0.1, 0.15) is 44.1 Å². The van der Waals surface area contributed by atoms with Gasteiger partial charge in [-0.25, -0.2) is 0 Å². The lowest BCUT2D eigenvalue weighted by atomic mass is 9.67. The Bertz CT molecular complexity index is 691. The van der Waals surface area contributed by atoms with Crippen LogP contribution in [0.15, 0.2) is 36.9 Å². The van der Waals surface area contributed by atoms with E-state index in [1.807, 2.05) is 0 Å². The van der Waals surface area contributed by atoms with E-state index in [0.29, 0.717) is 45.2 Å². The van der Waals surface area contributed by atoms with Gasteiger partial charge in [0.2, 0.25) is 5.91 Å². The highest BCUT2D eigenvalue weighted by Crippen LogP contribution is 2.48. The summed E-state index contributed by atoms with van der Waals surface area (Å²) in [5.41, 5.74) is -0.407. The zero-order chi connectivity index (χ0) is 19.7. The monoisotopic (exact) mass is 383 g/mol. The van der Waals surface area contributed by atoms with Crippen LogP contribution >= 0.6 is 0 Å². The molecule has 0 aromatic heterocycles. The molecule has 148 valence electrons. The summed E-state index contributed by atoms with van der Waals surface area (Å²) in [6.45, 7) is 4.67. The predicted octanol–water partition coefficient (Wildman–Crippen LogP) is 4.19. The molecule has 1 spiro atoms. The largest absolute Gasteiger partial charge is 0.573 e. The number of hydrogen-bond acceptors (Lipinski definition) is 3. The molecule has 1 aliphatic carbocycles. The van der Waals surface area contributed by atoms with Crippen molar-refractivity contribution in [3.8, 4) is 5.75 Å². The molecule has 1 N–H and O–H groups in total. The Hall–Kier alpha value is -2.02. The smallest absolute Gasteiger partial charge is 0.406 e. The van der Waals surface area contributed by atoms with Crippen molar-refractivity contribution < 1.29 is 27.8 Å². The second-order valence-electron chi connectivity index (χ2n) is 7.67. The fourth-order valence-electron chi connectivity index (χ4n) is 4.19. The minimum absolute atomic E-state index is 0.0822. The van der Waals surface area contributed by atoms with Gasteiger partial charge in [-0.2, -0.15) is 0 Å². The lowest BCUT2D eigenvalue weighted by Gasteiger charge is -2.40. The van der Waals surface area contributed by atoms with Gasteiger partial charge in [0, 0.05) is 13.1 Å². The van der Waals surface area contributed by atoms with Crippen molar-refractivity contribution >= 4 is 5.91 Å². The fourth-order valence-corrected chi connectivity index (χ4v) is 4.19. The topological polar surface area (TPSA) is 49.8 Å². The molecule has 1 aliphatic heterocycles. The van der Waals surface area contributed by atoms with E-state index >= 15 is 0 Å². The highest BCUT2D eigenvalue weighted by atomic mass is 19.4. The van der Waals surface area contributed by atoms with Crippen molar-refractivity contribution in [2.24, 2.45) is 5.41 Å². The van der Waals surface area contributed by atoms with Crippen LogP contribution < -0.4 is 4.74 Å². The maximum atomic E-state index is 13.0. The van der Waals surface area contributed by atoms with Crippen LogP contribution in [-0.2, 0) is 11.3 Å². The molecule has 2 aliphatic rings. The first kappa shape index (κ1) is 19.7. The Morgan fingerprint density at radius 2 is 1.78 bits per heavy atom. The summed E-state index contributed by atoms with van der Waals surface area (Å²) in [6, 6.07) is 5.61. The predicted molar refractivity (Wildman–Crippen MR) is 93.8 cm³/mol. The summed E-state index contributed by atoms with van der Waals surface area (Å²) in [5.74, 6) is -0.192. The first-order valence-corrected chi connectivity index (χ1v) is 9.12. The Morgan fingerprint density at radius 3 is 2.33 bits per heavy atom. The van der Waals surface area contributed by atoms with Crippen LogP contribution in [0.3, 0.4) is 0 Å². The maximum absolute atomic E-state index is 13.0. The first-order valence-electron chi connectivity index (χ1n) is 9.12. The molecule has 0 bridgehead atoms. The average molecular weight is 383 g/mol. The van der Waals surface area contributed by atoms with E-state index in [1.165, 1.54) is 12.1 Å². The van der Waals surface area contributed by atoms with Crippen LogP contribution in [-0.4, -0.2) is 34.4 Å². The van der Waals surface area contributed by atoms with Crippen LogP contribution in [0.4, 0.5) is 13.2 Å². The molecule has 4 nitrogen and oxygen atoms in total. The molecule has 0 radical (unpaired) electrons. The number of likely N-dealkylation sites (tertiary alicyclic amines) is 1. The fraction of sp³-hybridized carbons (Fsp3) is 0.550. The van der Waals surface area contributed by atoms with Gasteiger partial charge in [-0.1, -0.05) is 18.2 Å². The Balaban J connectivity index is 1.60. The summed E-state index contributed by atoms with van der Waals surface area (Å²) in [7, 11) is 0. The third-order valence-electron chi connectivity index (χ3n) is 5.79. The first-order chi connectivity index (χ1) is 12.6. The lowest BCUT2D eigenvalue weighted by molar-refractivity contribution is -0.274. The van der Waals surface area contributed by atoms with Gasteiger partial charge in [-0.3, -0.25) is 4.79 Å². The lowest BCUT2D eigenvalue weighted by Crippen LogP contribution is -2.43. The van der Waals surface area contributed by atoms with Crippen molar-refractivity contribution in [3.63, 3.8) is 0 Å². The Kier molecular flexibility index (Phi) is 5.25. The summed E-state index contributed by atoms with van der Waals surface area (Å²) in [5, 5.41) is 10.5. The zero-order valence-corrected chi connectivity index (χ0v) is 15.1. The van der Waals surface area contributed by atoms with Crippen LogP contribution in [0.5, 0.6) is 5.75 Å². The van der Waals surface area contributed by atoms with Gasteiger partial charge in [0.1, 0.15) is 5.75 Å². The highest BCUT2D eigenvalue weighted by molar-refractivity contribution is 5.85. The molecule has 1 saturated carbocycles. The molecular weight excluding hydrogens is 359 g/mol. The van der Waals surface area contributed by atoms with Crippen LogP contribution in [0.25, 0.3) is 0 Å². The van der Waals surface area contributed by atoms with Crippen molar-refractivity contribution in [3.05, 3.63) is 42.5 Å². The molecule has 0 atom stereocenters. The number of carbonyl (C=O) groups excluding carboxylic acids is 1. The summed E-state index contributed by atoms with van der Waals surface area (Å²) >= 11 is 0. The van der Waals surface area contributed by atoms with Gasteiger partial charge in [-0.05, 0) is 56.2 Å². The maximum Gasteiger partial charge on any atom is 0.573 e. The Labute approximate surface area is 156 Å². The molecule has 1 aromatic rings. The van der Waals surface area contributed by atoms with Crippen molar-refractivity contribution in [2.45, 2.75) is 57.0 Å². The number of rotatable bonds is 5. The van der Waals surface area contributed by atoms with E-state index in [0.717, 1.165) is 12.0 Å². The van der Waals surface area contributed by atoms with Crippen molar-refractivity contribution in [1.82, 2.24) is 4.90 Å². The third-order valence-corrected chi connectivity index (χ3v) is 5.79. The van der Waals surface area contributed by atoms with E-state index in [1.54, 1.807) is 23.1 Å². The molecule has 1 amide bonds. The SMILES string of the molecule is C=CCC1(O)CCC2(CCN(Cc3ccc(OC(F)(F)F)cc3)C2=O)CC1. The molecule has 7 heteroatoms. The molecule has 1 aromatic carbocycles. The van der Waals surface area contributed by atoms with E-state index < -0.39 is 17.4 Å². The number of benzene rings is 1. The minimum atomic E-state index is -4.71. The number of carbonyl (C=O) groups is 1. The number of hydrogen-bond donors (Lipinski definition) is 1. The molecule has 27 heavy (non-hydrogen) atoms. The summed E-state index contributed by atoms with van der Waals surface area (Å²) < 4.78 is 40.5. The second kappa shape index (κ2) is 7.19. The summed E-state index contributed by atoms with van der Waals surface area (Å²) in [4.78, 5) is 14.7. The van der Waals surface area contributed by atoms with E-state index in [2.05, 4.69) is 11.3 Å². The van der Waals surface area contributed by atoms with Gasteiger partial charge >= 0.3 is 6.36 Å². The van der Waals surface area contributed by atoms with E-state index in [-0.39, 0.29) is 11.7 Å². The Morgan fingerprint density at radius 1 is 1.15 bits per heavy atom. The molecule has 0 unspecified atom stereocenters. The number of halogens is 3. The average Bonchev–Trinajstić information content (AvgIpc) is 2.88. The van der Waals surface area contributed by atoms with Gasteiger partial charge in [0.05, 0.1) is 11.0 Å². The van der Waals surface area contributed by atoms with Crippen molar-refractivity contribution in [2.75, 3.05) is 6.54 Å². The number of nitrogens with zero attached hydrogens (tertiary/aromatic N) is 1. The number of aliphatic hydroxyl groups is 1. The van der Waals surface area contributed by atoms with E-state index in [4.69, 9.17) is 0 Å². The molecule has 2 fully saturated rings. The van der Waals surface area contributed by atoms with Crippen LogP contribution in [0, 0.1) is 5.41 Å². The van der Waals surface area contributed by atoms with E-state index in [9.17, 15) is 23.1 Å². The molecule has 3 rings (SSSR count). The van der Waals surface area contributed by atoms with Gasteiger partial charge in [-0.15, -0.1) is 19.8 Å². The normalized spacial score (nSPS) is 28.6. The third kappa shape index (κ3) is 4.46. The quantitative estimate of drug-likeness (QED) is 0.776. The summed E-state index contributed by atoms with van der Waals surface area (Å²) in [6.07, 6.45) is 0.777. The number of alkyl halides is 3. The van der Waals surface area contributed by atoms with Crippen molar-refractivity contribution in [1.29, 1.82) is 0 Å². The number of ether oxygens (including phenoxy) is 1. The minimum Gasteiger partial charge on any atom is -0.406 e. The molecule has 1 heterocycles. The highest BCUT2D eigenvalue weighted by Gasteiger charge is 2.50. The molecular formula is C20H24F3NO3. The zero-order valence-electron chi connectivity index (χ0n) is 15.1. The van der Waals surface area contributed by atoms with Gasteiger partial charge in [0.25, 0.3) is 0 Å². The van der Waals surface area contributed by atoms with Gasteiger partial charge < -0.3 is 14.7 Å². The number of amides is 1. The van der Waals surface area contributed by atoms with Crippen LogP contribution in [0.2, 0.25) is 0 Å². The van der Waals surface area contributed by atoms with Gasteiger partial charge in [0.15, 0.2) is 0 Å². The second-order valence-corrected chi connectivity index (χ2v) is 7.67. The molecule has 1 saturated heterocycles.